The Bertz CT molecular complexity index is 384. The maximum absolute atomic E-state index is 11.5. The molecule has 1 amide bonds. The minimum atomic E-state index is 0.121. The molecule has 0 saturated carbocycles. The SMILES string of the molecule is CC(C)c1ccc(N2CCCNC(=O)C2)cc1. The second kappa shape index (κ2) is 5.21. The molecule has 1 saturated heterocycles. The highest BCUT2D eigenvalue weighted by Gasteiger charge is 2.14. The fourth-order valence-electron chi connectivity index (χ4n) is 2.10. The Morgan fingerprint density at radius 2 is 1.94 bits per heavy atom. The topological polar surface area (TPSA) is 32.3 Å². The number of carbonyl (C=O) groups is 1. The van der Waals surface area contributed by atoms with E-state index in [1.807, 2.05) is 0 Å². The molecule has 3 nitrogen and oxygen atoms in total. The molecule has 1 aromatic carbocycles. The van der Waals surface area contributed by atoms with E-state index < -0.39 is 0 Å². The van der Waals surface area contributed by atoms with Crippen molar-refractivity contribution in [3.05, 3.63) is 29.8 Å². The van der Waals surface area contributed by atoms with Gasteiger partial charge in [-0.25, -0.2) is 0 Å². The van der Waals surface area contributed by atoms with E-state index in [0.29, 0.717) is 12.5 Å². The minimum absolute atomic E-state index is 0.121. The average Bonchev–Trinajstić information content (AvgIpc) is 2.54. The van der Waals surface area contributed by atoms with Gasteiger partial charge in [0.05, 0.1) is 6.54 Å². The van der Waals surface area contributed by atoms with Crippen LogP contribution in [0.15, 0.2) is 24.3 Å². The van der Waals surface area contributed by atoms with E-state index in [0.717, 1.165) is 25.2 Å². The van der Waals surface area contributed by atoms with Crippen molar-refractivity contribution >= 4 is 11.6 Å². The summed E-state index contributed by atoms with van der Waals surface area (Å²) in [6.45, 7) is 6.59. The Hall–Kier alpha value is -1.51. The van der Waals surface area contributed by atoms with Gasteiger partial charge in [0.1, 0.15) is 0 Å². The monoisotopic (exact) mass is 232 g/mol. The Morgan fingerprint density at radius 1 is 1.24 bits per heavy atom. The number of amides is 1. The van der Waals surface area contributed by atoms with Gasteiger partial charge < -0.3 is 10.2 Å². The zero-order valence-corrected chi connectivity index (χ0v) is 10.6. The van der Waals surface area contributed by atoms with Gasteiger partial charge in [0, 0.05) is 18.8 Å². The van der Waals surface area contributed by atoms with Crippen molar-refractivity contribution in [2.75, 3.05) is 24.5 Å². The number of hydrogen-bond acceptors (Lipinski definition) is 2. The first-order chi connectivity index (χ1) is 8.16. The standard InChI is InChI=1S/C14H20N2O/c1-11(2)12-4-6-13(7-5-12)16-9-3-8-15-14(17)10-16/h4-7,11H,3,8-10H2,1-2H3,(H,15,17). The van der Waals surface area contributed by atoms with E-state index in [1.165, 1.54) is 5.56 Å². The first-order valence-electron chi connectivity index (χ1n) is 6.28. The molecular formula is C14H20N2O. The number of nitrogens with one attached hydrogen (secondary N) is 1. The Kier molecular flexibility index (Phi) is 3.67. The second-order valence-corrected chi connectivity index (χ2v) is 4.87. The van der Waals surface area contributed by atoms with Gasteiger partial charge in [-0.3, -0.25) is 4.79 Å². The highest BCUT2D eigenvalue weighted by atomic mass is 16.2. The van der Waals surface area contributed by atoms with Gasteiger partial charge in [-0.05, 0) is 30.0 Å². The third kappa shape index (κ3) is 2.99. The van der Waals surface area contributed by atoms with E-state index in [4.69, 9.17) is 0 Å². The van der Waals surface area contributed by atoms with Gasteiger partial charge in [0.15, 0.2) is 0 Å². The van der Waals surface area contributed by atoms with Crippen LogP contribution < -0.4 is 10.2 Å². The van der Waals surface area contributed by atoms with E-state index >= 15 is 0 Å². The normalized spacial score (nSPS) is 16.9. The summed E-state index contributed by atoms with van der Waals surface area (Å²) in [4.78, 5) is 13.6. The number of hydrogen-bond donors (Lipinski definition) is 1. The fraction of sp³-hybridized carbons (Fsp3) is 0.500. The minimum Gasteiger partial charge on any atom is -0.362 e. The number of carbonyl (C=O) groups excluding carboxylic acids is 1. The first kappa shape index (κ1) is 12.0. The van der Waals surface area contributed by atoms with Crippen LogP contribution in [-0.4, -0.2) is 25.5 Å². The van der Waals surface area contributed by atoms with Crippen molar-refractivity contribution in [1.29, 1.82) is 0 Å². The first-order valence-corrected chi connectivity index (χ1v) is 6.28. The molecule has 1 aromatic rings. The second-order valence-electron chi connectivity index (χ2n) is 4.87. The summed E-state index contributed by atoms with van der Waals surface area (Å²) in [5, 5.41) is 2.89. The summed E-state index contributed by atoms with van der Waals surface area (Å²) in [7, 11) is 0. The molecule has 0 radical (unpaired) electrons. The molecule has 1 N–H and O–H groups in total. The third-order valence-corrected chi connectivity index (χ3v) is 3.19. The summed E-state index contributed by atoms with van der Waals surface area (Å²) in [6, 6.07) is 8.55. The summed E-state index contributed by atoms with van der Waals surface area (Å²) >= 11 is 0. The Labute approximate surface area is 103 Å². The van der Waals surface area contributed by atoms with Crippen LogP contribution in [0.1, 0.15) is 31.7 Å². The van der Waals surface area contributed by atoms with Gasteiger partial charge in [0.2, 0.25) is 5.91 Å². The Balaban J connectivity index is 2.12. The molecule has 2 rings (SSSR count). The van der Waals surface area contributed by atoms with Gasteiger partial charge in [-0.2, -0.15) is 0 Å². The molecule has 3 heteroatoms. The largest absolute Gasteiger partial charge is 0.362 e. The maximum Gasteiger partial charge on any atom is 0.239 e. The lowest BCUT2D eigenvalue weighted by atomic mass is 10.0. The molecular weight excluding hydrogens is 212 g/mol. The van der Waals surface area contributed by atoms with Crippen molar-refractivity contribution in [3.63, 3.8) is 0 Å². The molecule has 0 spiro atoms. The van der Waals surface area contributed by atoms with Crippen LogP contribution in [0, 0.1) is 0 Å². The lowest BCUT2D eigenvalue weighted by molar-refractivity contribution is -0.119. The summed E-state index contributed by atoms with van der Waals surface area (Å²) in [5.74, 6) is 0.673. The molecule has 1 fully saturated rings. The van der Waals surface area contributed by atoms with Crippen molar-refractivity contribution in [2.45, 2.75) is 26.2 Å². The predicted octanol–water partition coefficient (Wildman–Crippen LogP) is 2.14. The molecule has 0 bridgehead atoms. The lowest BCUT2D eigenvalue weighted by Crippen LogP contribution is -2.32. The van der Waals surface area contributed by atoms with Gasteiger partial charge in [0.25, 0.3) is 0 Å². The van der Waals surface area contributed by atoms with Crippen LogP contribution in [0.2, 0.25) is 0 Å². The van der Waals surface area contributed by atoms with Crippen molar-refractivity contribution < 1.29 is 4.79 Å². The van der Waals surface area contributed by atoms with Crippen LogP contribution in [0.3, 0.4) is 0 Å². The smallest absolute Gasteiger partial charge is 0.239 e. The highest BCUT2D eigenvalue weighted by Crippen LogP contribution is 2.20. The van der Waals surface area contributed by atoms with E-state index in [1.54, 1.807) is 0 Å². The highest BCUT2D eigenvalue weighted by molar-refractivity contribution is 5.81. The average molecular weight is 232 g/mol. The van der Waals surface area contributed by atoms with E-state index in [-0.39, 0.29) is 5.91 Å². The number of benzene rings is 1. The van der Waals surface area contributed by atoms with Gasteiger partial charge in [-0.15, -0.1) is 0 Å². The van der Waals surface area contributed by atoms with Crippen LogP contribution in [0.4, 0.5) is 5.69 Å². The van der Waals surface area contributed by atoms with Crippen LogP contribution in [-0.2, 0) is 4.79 Å². The van der Waals surface area contributed by atoms with Crippen LogP contribution in [0.5, 0.6) is 0 Å². The predicted molar refractivity (Wildman–Crippen MR) is 70.4 cm³/mol. The maximum atomic E-state index is 11.5. The summed E-state index contributed by atoms with van der Waals surface area (Å²) < 4.78 is 0. The number of rotatable bonds is 2. The third-order valence-electron chi connectivity index (χ3n) is 3.19. The fourth-order valence-corrected chi connectivity index (χ4v) is 2.10. The van der Waals surface area contributed by atoms with Crippen molar-refractivity contribution in [3.8, 4) is 0 Å². The molecule has 17 heavy (non-hydrogen) atoms. The molecule has 1 aliphatic heterocycles. The van der Waals surface area contributed by atoms with Gasteiger partial charge >= 0.3 is 0 Å². The molecule has 0 unspecified atom stereocenters. The lowest BCUT2D eigenvalue weighted by Gasteiger charge is -2.21. The molecule has 0 aromatic heterocycles. The molecule has 0 atom stereocenters. The number of anilines is 1. The molecule has 92 valence electrons. The summed E-state index contributed by atoms with van der Waals surface area (Å²) in [6.07, 6.45) is 1.01. The molecule has 0 aliphatic carbocycles. The van der Waals surface area contributed by atoms with Crippen LogP contribution >= 0.6 is 0 Å². The van der Waals surface area contributed by atoms with E-state index in [2.05, 4.69) is 48.3 Å². The zero-order chi connectivity index (χ0) is 12.3. The quantitative estimate of drug-likeness (QED) is 0.847. The molecule has 1 heterocycles. The van der Waals surface area contributed by atoms with Gasteiger partial charge in [-0.1, -0.05) is 26.0 Å². The van der Waals surface area contributed by atoms with Crippen LogP contribution in [0.25, 0.3) is 0 Å². The van der Waals surface area contributed by atoms with Crippen molar-refractivity contribution in [1.82, 2.24) is 5.32 Å². The summed E-state index contributed by atoms with van der Waals surface area (Å²) in [5.41, 5.74) is 2.49. The Morgan fingerprint density at radius 3 is 2.59 bits per heavy atom. The molecule has 1 aliphatic rings. The van der Waals surface area contributed by atoms with E-state index in [9.17, 15) is 4.79 Å². The number of nitrogens with zero attached hydrogens (tertiary/aromatic N) is 1. The van der Waals surface area contributed by atoms with Crippen molar-refractivity contribution in [2.24, 2.45) is 0 Å². The zero-order valence-electron chi connectivity index (χ0n) is 10.6.